The molecule has 1 saturated heterocycles. The Bertz CT molecular complexity index is 928. The number of fused-ring (bicyclic) bond motifs is 1. The number of hydrogen-bond donors (Lipinski definition) is 0. The van der Waals surface area contributed by atoms with E-state index in [9.17, 15) is 14.9 Å². The summed E-state index contributed by atoms with van der Waals surface area (Å²) >= 11 is 6.09. The summed E-state index contributed by atoms with van der Waals surface area (Å²) in [6.07, 6.45) is 0. The number of carbonyl (C=O) groups excluding carboxylic acids is 1. The van der Waals surface area contributed by atoms with Gasteiger partial charge in [0.05, 0.1) is 15.5 Å². The van der Waals surface area contributed by atoms with Crippen LogP contribution in [0, 0.1) is 10.1 Å². The molecule has 1 amide bonds. The van der Waals surface area contributed by atoms with Crippen molar-refractivity contribution >= 4 is 23.2 Å². The lowest BCUT2D eigenvalue weighted by Gasteiger charge is -2.35. The van der Waals surface area contributed by atoms with Gasteiger partial charge in [0, 0.05) is 44.9 Å². The zero-order valence-corrected chi connectivity index (χ0v) is 15.7. The second kappa shape index (κ2) is 7.65. The largest absolute Gasteiger partial charge is 0.454 e. The predicted octanol–water partition coefficient (Wildman–Crippen LogP) is 2.93. The summed E-state index contributed by atoms with van der Waals surface area (Å²) in [6.45, 7) is 3.60. The van der Waals surface area contributed by atoms with Gasteiger partial charge in [0.2, 0.25) is 6.79 Å². The van der Waals surface area contributed by atoms with Crippen molar-refractivity contribution < 1.29 is 19.2 Å². The zero-order chi connectivity index (χ0) is 19.7. The van der Waals surface area contributed by atoms with Gasteiger partial charge in [-0.05, 0) is 23.8 Å². The number of nitrogens with zero attached hydrogens (tertiary/aromatic N) is 3. The molecule has 9 heteroatoms. The van der Waals surface area contributed by atoms with Crippen molar-refractivity contribution in [2.45, 2.75) is 6.54 Å². The van der Waals surface area contributed by atoms with Gasteiger partial charge in [-0.3, -0.25) is 19.8 Å². The molecule has 0 radical (unpaired) electrons. The van der Waals surface area contributed by atoms with Crippen LogP contribution in [0.15, 0.2) is 36.4 Å². The molecule has 4 rings (SSSR count). The number of hydrogen-bond acceptors (Lipinski definition) is 6. The molecular formula is C19H18ClN3O5. The molecule has 2 aliphatic heterocycles. The van der Waals surface area contributed by atoms with E-state index in [1.54, 1.807) is 4.90 Å². The van der Waals surface area contributed by atoms with E-state index in [-0.39, 0.29) is 29.0 Å². The van der Waals surface area contributed by atoms with Gasteiger partial charge < -0.3 is 14.4 Å². The van der Waals surface area contributed by atoms with E-state index in [0.717, 1.165) is 36.7 Å². The third kappa shape index (κ3) is 3.74. The fourth-order valence-electron chi connectivity index (χ4n) is 3.37. The zero-order valence-electron chi connectivity index (χ0n) is 15.0. The minimum atomic E-state index is -0.533. The maximum atomic E-state index is 12.7. The van der Waals surface area contributed by atoms with Gasteiger partial charge >= 0.3 is 0 Å². The third-order valence-corrected chi connectivity index (χ3v) is 5.21. The number of benzene rings is 2. The highest BCUT2D eigenvalue weighted by Crippen LogP contribution is 2.33. The van der Waals surface area contributed by atoms with E-state index in [1.807, 2.05) is 18.2 Å². The molecule has 2 heterocycles. The summed E-state index contributed by atoms with van der Waals surface area (Å²) < 4.78 is 10.7. The maximum Gasteiger partial charge on any atom is 0.270 e. The molecule has 0 aliphatic carbocycles. The van der Waals surface area contributed by atoms with Gasteiger partial charge in [-0.15, -0.1) is 0 Å². The van der Waals surface area contributed by atoms with Crippen LogP contribution in [0.1, 0.15) is 15.9 Å². The van der Waals surface area contributed by atoms with Crippen LogP contribution in [0.3, 0.4) is 0 Å². The van der Waals surface area contributed by atoms with E-state index in [1.165, 1.54) is 18.2 Å². The van der Waals surface area contributed by atoms with E-state index < -0.39 is 4.92 Å². The molecule has 8 nitrogen and oxygen atoms in total. The van der Waals surface area contributed by atoms with Crippen molar-refractivity contribution in [3.05, 3.63) is 62.7 Å². The van der Waals surface area contributed by atoms with Crippen LogP contribution < -0.4 is 9.47 Å². The molecule has 2 aromatic rings. The lowest BCUT2D eigenvalue weighted by Crippen LogP contribution is -2.48. The van der Waals surface area contributed by atoms with Crippen molar-refractivity contribution in [2.75, 3.05) is 33.0 Å². The summed E-state index contributed by atoms with van der Waals surface area (Å²) in [7, 11) is 0. The molecule has 1 fully saturated rings. The average molecular weight is 404 g/mol. The number of carbonyl (C=O) groups is 1. The van der Waals surface area contributed by atoms with Crippen molar-refractivity contribution in [1.82, 2.24) is 9.80 Å². The number of piperazine rings is 1. The third-order valence-electron chi connectivity index (χ3n) is 4.90. The molecule has 0 atom stereocenters. The first-order valence-electron chi connectivity index (χ1n) is 8.85. The van der Waals surface area contributed by atoms with Gasteiger partial charge in [0.25, 0.3) is 11.6 Å². The normalized spacial score (nSPS) is 16.2. The van der Waals surface area contributed by atoms with E-state index in [0.29, 0.717) is 13.1 Å². The van der Waals surface area contributed by atoms with Crippen LogP contribution >= 0.6 is 11.6 Å². The Labute approximate surface area is 166 Å². The SMILES string of the molecule is O=C(c1ccc([N+](=O)[O-])cc1Cl)N1CCN(Cc2ccc3c(c2)OCO3)CC1. The van der Waals surface area contributed by atoms with E-state index in [2.05, 4.69) is 4.90 Å². The number of nitro groups is 1. The van der Waals surface area contributed by atoms with Gasteiger partial charge in [0.1, 0.15) is 0 Å². The highest BCUT2D eigenvalue weighted by atomic mass is 35.5. The Morgan fingerprint density at radius 3 is 2.54 bits per heavy atom. The van der Waals surface area contributed by atoms with Gasteiger partial charge in [-0.1, -0.05) is 17.7 Å². The summed E-state index contributed by atoms with van der Waals surface area (Å²) in [5.41, 5.74) is 1.29. The Morgan fingerprint density at radius 1 is 1.07 bits per heavy atom. The number of ether oxygens (including phenoxy) is 2. The molecule has 0 aromatic heterocycles. The topological polar surface area (TPSA) is 85.2 Å². The fourth-order valence-corrected chi connectivity index (χ4v) is 3.62. The minimum absolute atomic E-state index is 0.0991. The van der Waals surface area contributed by atoms with Crippen LogP contribution in [0.25, 0.3) is 0 Å². The van der Waals surface area contributed by atoms with Gasteiger partial charge in [-0.25, -0.2) is 0 Å². The molecule has 0 N–H and O–H groups in total. The van der Waals surface area contributed by atoms with Crippen molar-refractivity contribution in [3.8, 4) is 11.5 Å². The first-order chi connectivity index (χ1) is 13.5. The summed E-state index contributed by atoms with van der Waals surface area (Å²) in [5.74, 6) is 1.32. The first kappa shape index (κ1) is 18.5. The minimum Gasteiger partial charge on any atom is -0.454 e. The first-order valence-corrected chi connectivity index (χ1v) is 9.23. The average Bonchev–Trinajstić information content (AvgIpc) is 3.16. The van der Waals surface area contributed by atoms with Crippen molar-refractivity contribution in [1.29, 1.82) is 0 Å². The van der Waals surface area contributed by atoms with E-state index in [4.69, 9.17) is 21.1 Å². The van der Waals surface area contributed by atoms with Gasteiger partial charge in [-0.2, -0.15) is 0 Å². The monoisotopic (exact) mass is 403 g/mol. The van der Waals surface area contributed by atoms with Crippen LogP contribution in [0.4, 0.5) is 5.69 Å². The summed E-state index contributed by atoms with van der Waals surface area (Å²) in [5, 5.41) is 10.9. The molecule has 2 aliphatic rings. The Hall–Kier alpha value is -2.84. The van der Waals surface area contributed by atoms with Crippen LogP contribution in [0.2, 0.25) is 5.02 Å². The number of nitro benzene ring substituents is 1. The van der Waals surface area contributed by atoms with Crippen molar-refractivity contribution in [2.24, 2.45) is 0 Å². The molecule has 28 heavy (non-hydrogen) atoms. The molecule has 0 bridgehead atoms. The fraction of sp³-hybridized carbons (Fsp3) is 0.316. The second-order valence-corrected chi connectivity index (χ2v) is 7.08. The van der Waals surface area contributed by atoms with Crippen molar-refractivity contribution in [3.63, 3.8) is 0 Å². The van der Waals surface area contributed by atoms with Crippen LogP contribution in [0.5, 0.6) is 11.5 Å². The molecule has 0 unspecified atom stereocenters. The molecular weight excluding hydrogens is 386 g/mol. The highest BCUT2D eigenvalue weighted by Gasteiger charge is 2.25. The van der Waals surface area contributed by atoms with Gasteiger partial charge in [0.15, 0.2) is 11.5 Å². The summed E-state index contributed by atoms with van der Waals surface area (Å²) in [4.78, 5) is 27.0. The number of non-ortho nitro benzene ring substituents is 1. The number of halogens is 1. The smallest absolute Gasteiger partial charge is 0.270 e. The lowest BCUT2D eigenvalue weighted by molar-refractivity contribution is -0.384. The molecule has 0 saturated carbocycles. The molecule has 146 valence electrons. The standard InChI is InChI=1S/C19H18ClN3O5/c20-16-10-14(23(25)26)2-3-15(16)19(24)22-7-5-21(6-8-22)11-13-1-4-17-18(9-13)28-12-27-17/h1-4,9-10H,5-8,11-12H2. The maximum absolute atomic E-state index is 12.7. The van der Waals surface area contributed by atoms with Crippen LogP contribution in [-0.4, -0.2) is 53.6 Å². The Morgan fingerprint density at radius 2 is 1.82 bits per heavy atom. The quantitative estimate of drug-likeness (QED) is 0.576. The van der Waals surface area contributed by atoms with E-state index >= 15 is 0 Å². The number of amides is 1. The lowest BCUT2D eigenvalue weighted by atomic mass is 10.1. The molecule has 2 aromatic carbocycles. The van der Waals surface area contributed by atoms with Crippen LogP contribution in [-0.2, 0) is 6.54 Å². The second-order valence-electron chi connectivity index (χ2n) is 6.68. The Balaban J connectivity index is 1.36. The predicted molar refractivity (Wildman–Crippen MR) is 102 cm³/mol. The molecule has 0 spiro atoms. The highest BCUT2D eigenvalue weighted by molar-refractivity contribution is 6.34. The summed E-state index contributed by atoms with van der Waals surface area (Å²) in [6, 6.07) is 9.84. The number of rotatable bonds is 4. The Kier molecular flexibility index (Phi) is 5.06.